The zero-order valence-corrected chi connectivity index (χ0v) is 7.88. The van der Waals surface area contributed by atoms with Crippen LogP contribution in [0.2, 0.25) is 0 Å². The van der Waals surface area contributed by atoms with Crippen molar-refractivity contribution in [2.24, 2.45) is 0 Å². The van der Waals surface area contributed by atoms with Crippen molar-refractivity contribution in [1.29, 1.82) is 0 Å². The molecule has 0 aliphatic heterocycles. The number of alkyl halides is 1. The van der Waals surface area contributed by atoms with Crippen LogP contribution in [-0.4, -0.2) is 12.0 Å². The van der Waals surface area contributed by atoms with E-state index in [1.807, 2.05) is 31.2 Å². The van der Waals surface area contributed by atoms with Crippen molar-refractivity contribution in [2.75, 3.05) is 0 Å². The van der Waals surface area contributed by atoms with E-state index >= 15 is 0 Å². The van der Waals surface area contributed by atoms with E-state index < -0.39 is 12.0 Å². The third kappa shape index (κ3) is 2.98. The molecule has 1 aromatic rings. The smallest absolute Gasteiger partial charge is 0.164 e. The number of halogens is 1. The summed E-state index contributed by atoms with van der Waals surface area (Å²) in [5.41, 5.74) is 2.01. The molecule has 1 rings (SSSR count). The maximum absolute atomic E-state index is 13.0. The molecule has 1 unspecified atom stereocenters. The largest absolute Gasteiger partial charge is 0.297 e. The lowest BCUT2D eigenvalue weighted by molar-refractivity contribution is -0.121. The Morgan fingerprint density at radius 1 is 1.38 bits per heavy atom. The van der Waals surface area contributed by atoms with Gasteiger partial charge in [-0.3, -0.25) is 4.79 Å². The van der Waals surface area contributed by atoms with E-state index in [1.54, 1.807) is 0 Å². The number of hydrogen-bond donors (Lipinski definition) is 0. The average molecular weight is 180 g/mol. The van der Waals surface area contributed by atoms with Gasteiger partial charge >= 0.3 is 0 Å². The molecule has 2 heteroatoms. The van der Waals surface area contributed by atoms with Crippen molar-refractivity contribution >= 4 is 5.78 Å². The van der Waals surface area contributed by atoms with Crippen molar-refractivity contribution in [1.82, 2.24) is 0 Å². The van der Waals surface area contributed by atoms with E-state index in [0.29, 0.717) is 0 Å². The SMILES string of the molecule is CC(=O)C(F)Cc1ccc(C)cc1. The van der Waals surface area contributed by atoms with Gasteiger partial charge in [-0.15, -0.1) is 0 Å². The number of hydrogen-bond acceptors (Lipinski definition) is 1. The van der Waals surface area contributed by atoms with Gasteiger partial charge in [0.2, 0.25) is 0 Å². The predicted octanol–water partition coefficient (Wildman–Crippen LogP) is 2.46. The predicted molar refractivity (Wildman–Crippen MR) is 50.5 cm³/mol. The fourth-order valence-corrected chi connectivity index (χ4v) is 1.07. The highest BCUT2D eigenvalue weighted by atomic mass is 19.1. The topological polar surface area (TPSA) is 17.1 Å². The molecule has 0 bridgehead atoms. The van der Waals surface area contributed by atoms with Gasteiger partial charge in [-0.25, -0.2) is 4.39 Å². The molecule has 0 radical (unpaired) electrons. The number of carbonyl (C=O) groups is 1. The maximum atomic E-state index is 13.0. The van der Waals surface area contributed by atoms with E-state index in [-0.39, 0.29) is 6.42 Å². The van der Waals surface area contributed by atoms with Gasteiger partial charge in [-0.1, -0.05) is 29.8 Å². The molecule has 70 valence electrons. The molecule has 1 nitrogen and oxygen atoms in total. The summed E-state index contributed by atoms with van der Waals surface area (Å²) in [7, 11) is 0. The minimum atomic E-state index is -1.36. The average Bonchev–Trinajstić information content (AvgIpc) is 2.08. The van der Waals surface area contributed by atoms with Crippen molar-refractivity contribution in [2.45, 2.75) is 26.4 Å². The Morgan fingerprint density at radius 2 is 1.92 bits per heavy atom. The number of Topliss-reactive ketones (excluding diaryl/α,β-unsaturated/α-hetero) is 1. The molecule has 0 aliphatic rings. The van der Waals surface area contributed by atoms with Crippen LogP contribution in [0.5, 0.6) is 0 Å². The van der Waals surface area contributed by atoms with E-state index in [4.69, 9.17) is 0 Å². The number of carbonyl (C=O) groups excluding carboxylic acids is 1. The third-order valence-electron chi connectivity index (χ3n) is 1.98. The standard InChI is InChI=1S/C11H13FO/c1-8-3-5-10(6-4-8)7-11(12)9(2)13/h3-6,11H,7H2,1-2H3. The number of aryl methyl sites for hydroxylation is 1. The molecule has 0 spiro atoms. The molecule has 0 saturated carbocycles. The number of benzene rings is 1. The van der Waals surface area contributed by atoms with Gasteiger partial charge in [0.05, 0.1) is 0 Å². The lowest BCUT2D eigenvalue weighted by Gasteiger charge is -2.04. The van der Waals surface area contributed by atoms with Crippen LogP contribution >= 0.6 is 0 Å². The Labute approximate surface area is 77.6 Å². The second-order valence-electron chi connectivity index (χ2n) is 3.27. The fraction of sp³-hybridized carbons (Fsp3) is 0.364. The summed E-state index contributed by atoms with van der Waals surface area (Å²) in [5, 5.41) is 0. The first-order valence-electron chi connectivity index (χ1n) is 4.29. The molecule has 0 aromatic heterocycles. The van der Waals surface area contributed by atoms with Gasteiger partial charge < -0.3 is 0 Å². The molecule has 0 N–H and O–H groups in total. The summed E-state index contributed by atoms with van der Waals surface area (Å²) < 4.78 is 13.0. The van der Waals surface area contributed by atoms with Crippen molar-refractivity contribution in [3.8, 4) is 0 Å². The van der Waals surface area contributed by atoms with Crippen LogP contribution in [0.25, 0.3) is 0 Å². The summed E-state index contributed by atoms with van der Waals surface area (Å²) in [5.74, 6) is -0.402. The van der Waals surface area contributed by atoms with Gasteiger partial charge in [0.1, 0.15) is 0 Å². The van der Waals surface area contributed by atoms with Crippen molar-refractivity contribution in [3.63, 3.8) is 0 Å². The molecule has 0 amide bonds. The van der Waals surface area contributed by atoms with E-state index in [9.17, 15) is 9.18 Å². The fourth-order valence-electron chi connectivity index (χ4n) is 1.07. The molecular formula is C11H13FO. The number of rotatable bonds is 3. The van der Waals surface area contributed by atoms with Crippen LogP contribution in [0.15, 0.2) is 24.3 Å². The highest BCUT2D eigenvalue weighted by Crippen LogP contribution is 2.08. The molecule has 0 fully saturated rings. The molecule has 1 aromatic carbocycles. The zero-order valence-electron chi connectivity index (χ0n) is 7.88. The minimum Gasteiger partial charge on any atom is -0.297 e. The van der Waals surface area contributed by atoms with Crippen LogP contribution in [-0.2, 0) is 11.2 Å². The summed E-state index contributed by atoms with van der Waals surface area (Å²) >= 11 is 0. The first-order chi connectivity index (χ1) is 6.09. The molecular weight excluding hydrogens is 167 g/mol. The Kier molecular flexibility index (Phi) is 3.18. The Bertz CT molecular complexity index is 289. The first-order valence-corrected chi connectivity index (χ1v) is 4.29. The molecule has 0 heterocycles. The molecule has 13 heavy (non-hydrogen) atoms. The molecule has 0 aliphatic carbocycles. The highest BCUT2D eigenvalue weighted by molar-refractivity contribution is 5.80. The van der Waals surface area contributed by atoms with Gasteiger partial charge in [0.25, 0.3) is 0 Å². The minimum absolute atomic E-state index is 0.190. The van der Waals surface area contributed by atoms with Gasteiger partial charge in [0, 0.05) is 6.42 Å². The van der Waals surface area contributed by atoms with Crippen LogP contribution in [0.1, 0.15) is 18.1 Å². The third-order valence-corrected chi connectivity index (χ3v) is 1.98. The summed E-state index contributed by atoms with van der Waals surface area (Å²) in [4.78, 5) is 10.6. The lowest BCUT2D eigenvalue weighted by Crippen LogP contribution is -2.14. The molecule has 1 atom stereocenters. The summed E-state index contributed by atoms with van der Waals surface area (Å²) in [6, 6.07) is 7.54. The van der Waals surface area contributed by atoms with Gasteiger partial charge in [0.15, 0.2) is 12.0 Å². The van der Waals surface area contributed by atoms with Crippen LogP contribution in [0, 0.1) is 6.92 Å². The van der Waals surface area contributed by atoms with Crippen LogP contribution in [0.3, 0.4) is 0 Å². The van der Waals surface area contributed by atoms with Crippen molar-refractivity contribution < 1.29 is 9.18 Å². The Morgan fingerprint density at radius 3 is 2.38 bits per heavy atom. The normalized spacial score (nSPS) is 12.5. The van der Waals surface area contributed by atoms with E-state index in [0.717, 1.165) is 11.1 Å². The van der Waals surface area contributed by atoms with Crippen LogP contribution in [0.4, 0.5) is 4.39 Å². The zero-order chi connectivity index (χ0) is 9.84. The number of ketones is 1. The van der Waals surface area contributed by atoms with Gasteiger partial charge in [-0.2, -0.15) is 0 Å². The van der Waals surface area contributed by atoms with Gasteiger partial charge in [-0.05, 0) is 19.4 Å². The van der Waals surface area contributed by atoms with E-state index in [2.05, 4.69) is 0 Å². The van der Waals surface area contributed by atoms with Crippen molar-refractivity contribution in [3.05, 3.63) is 35.4 Å². The second-order valence-corrected chi connectivity index (χ2v) is 3.27. The maximum Gasteiger partial charge on any atom is 0.164 e. The first kappa shape index (κ1) is 9.90. The van der Waals surface area contributed by atoms with E-state index in [1.165, 1.54) is 6.92 Å². The lowest BCUT2D eigenvalue weighted by atomic mass is 10.1. The monoisotopic (exact) mass is 180 g/mol. The van der Waals surface area contributed by atoms with Crippen LogP contribution < -0.4 is 0 Å². The Hall–Kier alpha value is -1.18. The second kappa shape index (κ2) is 4.17. The highest BCUT2D eigenvalue weighted by Gasteiger charge is 2.12. The molecule has 0 saturated heterocycles. The quantitative estimate of drug-likeness (QED) is 0.698. The summed E-state index contributed by atoms with van der Waals surface area (Å²) in [6.45, 7) is 3.25. The summed E-state index contributed by atoms with van der Waals surface area (Å²) in [6.07, 6.45) is -1.17. The Balaban J connectivity index is 2.64.